The lowest BCUT2D eigenvalue weighted by atomic mass is 10.0. The van der Waals surface area contributed by atoms with Crippen molar-refractivity contribution in [3.05, 3.63) is 97.1 Å². The molecular formula is C24H16O4P2S. The van der Waals surface area contributed by atoms with Gasteiger partial charge in [0.2, 0.25) is 0 Å². The van der Waals surface area contributed by atoms with Crippen molar-refractivity contribution in [1.82, 2.24) is 0 Å². The Bertz CT molecular complexity index is 1340. The van der Waals surface area contributed by atoms with Crippen molar-refractivity contribution in [2.45, 2.75) is 0 Å². The highest BCUT2D eigenvalue weighted by Gasteiger charge is 2.45. The summed E-state index contributed by atoms with van der Waals surface area (Å²) in [7, 11) is -3.82. The van der Waals surface area contributed by atoms with Gasteiger partial charge in [-0.1, -0.05) is 72.8 Å². The van der Waals surface area contributed by atoms with E-state index in [1.165, 1.54) is 0 Å². The highest BCUT2D eigenvalue weighted by Crippen LogP contribution is 2.68. The summed E-state index contributed by atoms with van der Waals surface area (Å²) in [5.74, 6) is 1.14. The van der Waals surface area contributed by atoms with Gasteiger partial charge in [-0.25, -0.2) is 8.88 Å². The van der Waals surface area contributed by atoms with Gasteiger partial charge in [-0.15, -0.1) is 0 Å². The second kappa shape index (κ2) is 6.91. The molecule has 152 valence electrons. The first-order chi connectivity index (χ1) is 15.1. The highest BCUT2D eigenvalue weighted by molar-refractivity contribution is 8.15. The molecule has 2 heterocycles. The summed E-state index contributed by atoms with van der Waals surface area (Å²) in [4.78, 5) is 0. The molecule has 2 atom stereocenters. The van der Waals surface area contributed by atoms with E-state index in [0.717, 1.165) is 27.6 Å². The topological polar surface area (TPSA) is 44.8 Å². The summed E-state index contributed by atoms with van der Waals surface area (Å²) < 4.78 is 32.9. The molecule has 0 fully saturated rings. The molecule has 4 aromatic carbocycles. The minimum Gasteiger partial charge on any atom is -0.439 e. The maximum atomic E-state index is 14.3. The molecule has 6 rings (SSSR count). The fraction of sp³-hybridized carbons (Fsp3) is 0. The van der Waals surface area contributed by atoms with Gasteiger partial charge in [0.1, 0.15) is 11.5 Å². The Kier molecular flexibility index (Phi) is 4.25. The van der Waals surface area contributed by atoms with Crippen molar-refractivity contribution in [3.8, 4) is 33.8 Å². The highest BCUT2D eigenvalue weighted by atomic mass is 32.5. The molecule has 2 unspecified atom stereocenters. The standard InChI is InChI=1S/C24H16O4P2S/c25-29(23-15-7-3-11-19(23)17-9-1-5-13-21(17)26-29)28-30(31)24-16-8-4-12-20(24)18-10-2-6-14-22(18)27-30/h1-16H. The van der Waals surface area contributed by atoms with E-state index in [2.05, 4.69) is 0 Å². The van der Waals surface area contributed by atoms with Gasteiger partial charge in [-0.2, -0.15) is 0 Å². The van der Waals surface area contributed by atoms with Gasteiger partial charge in [-0.3, -0.25) is 0 Å². The molecule has 4 nitrogen and oxygen atoms in total. The maximum Gasteiger partial charge on any atom is 0.417 e. The van der Waals surface area contributed by atoms with Gasteiger partial charge in [-0.05, 0) is 41.6 Å². The summed E-state index contributed by atoms with van der Waals surface area (Å²) in [6, 6.07) is 30.3. The van der Waals surface area contributed by atoms with E-state index in [0.29, 0.717) is 16.8 Å². The molecule has 2 aliphatic rings. The average Bonchev–Trinajstić information content (AvgIpc) is 2.79. The Labute approximate surface area is 185 Å². The Morgan fingerprint density at radius 3 is 1.68 bits per heavy atom. The smallest absolute Gasteiger partial charge is 0.417 e. The van der Waals surface area contributed by atoms with Crippen LogP contribution in [-0.2, 0) is 20.7 Å². The number of hydrogen-bond acceptors (Lipinski definition) is 5. The van der Waals surface area contributed by atoms with E-state index in [9.17, 15) is 4.57 Å². The molecule has 0 saturated heterocycles. The van der Waals surface area contributed by atoms with Gasteiger partial charge >= 0.3 is 7.60 Å². The molecule has 0 saturated carbocycles. The molecule has 31 heavy (non-hydrogen) atoms. The Morgan fingerprint density at radius 2 is 1.03 bits per heavy atom. The average molecular weight is 462 g/mol. The molecule has 0 N–H and O–H groups in total. The predicted molar refractivity (Wildman–Crippen MR) is 127 cm³/mol. The molecular weight excluding hydrogens is 446 g/mol. The minimum atomic E-state index is -3.82. The number of fused-ring (bicyclic) bond motifs is 6. The third-order valence-corrected chi connectivity index (χ3v) is 11.4. The molecule has 0 aromatic heterocycles. The molecule has 0 aliphatic carbocycles. The Hall–Kier alpha value is -2.68. The molecule has 2 aliphatic heterocycles. The lowest BCUT2D eigenvalue weighted by Gasteiger charge is -2.35. The summed E-state index contributed by atoms with van der Waals surface area (Å²) in [5.41, 5.74) is 3.57. The zero-order chi connectivity index (χ0) is 21.1. The summed E-state index contributed by atoms with van der Waals surface area (Å²) >= 11 is 5.98. The monoisotopic (exact) mass is 462 g/mol. The quantitative estimate of drug-likeness (QED) is 0.328. The molecule has 7 heteroatoms. The van der Waals surface area contributed by atoms with Crippen LogP contribution in [0.2, 0.25) is 0 Å². The Morgan fingerprint density at radius 1 is 0.581 bits per heavy atom. The van der Waals surface area contributed by atoms with Crippen LogP contribution in [0.3, 0.4) is 0 Å². The number of benzene rings is 4. The SMILES string of the molecule is O=P1(OP2(=S)Oc3ccccc3-c3ccccc32)Oc2ccccc2-c2ccccc21. The van der Waals surface area contributed by atoms with Crippen LogP contribution < -0.4 is 19.7 Å². The van der Waals surface area contributed by atoms with Gasteiger partial charge in [0, 0.05) is 16.7 Å². The first-order valence-corrected chi connectivity index (χ1v) is 13.9. The van der Waals surface area contributed by atoms with Crippen LogP contribution in [0.25, 0.3) is 22.3 Å². The number of hydrogen-bond donors (Lipinski definition) is 0. The van der Waals surface area contributed by atoms with Crippen molar-refractivity contribution < 1.29 is 17.9 Å². The first-order valence-electron chi connectivity index (χ1n) is 9.76. The maximum absolute atomic E-state index is 14.3. The third kappa shape index (κ3) is 2.93. The predicted octanol–water partition coefficient (Wildman–Crippen LogP) is 6.28. The van der Waals surface area contributed by atoms with Gasteiger partial charge in [0.05, 0.1) is 10.6 Å². The van der Waals surface area contributed by atoms with Crippen LogP contribution >= 0.6 is 14.1 Å². The second-order valence-corrected chi connectivity index (χ2v) is 12.7. The summed E-state index contributed by atoms with van der Waals surface area (Å²) in [5, 5.41) is 1.23. The largest absolute Gasteiger partial charge is 0.439 e. The summed E-state index contributed by atoms with van der Waals surface area (Å²) in [6.07, 6.45) is 0. The molecule has 0 bridgehead atoms. The summed E-state index contributed by atoms with van der Waals surface area (Å²) in [6.45, 7) is -3.19. The van der Waals surface area contributed by atoms with Crippen LogP contribution in [0.1, 0.15) is 0 Å². The van der Waals surface area contributed by atoms with E-state index in [1.54, 1.807) is 12.1 Å². The van der Waals surface area contributed by atoms with Gasteiger partial charge in [0.25, 0.3) is 6.49 Å². The zero-order valence-corrected chi connectivity index (χ0v) is 18.8. The normalized spacial score (nSPS) is 22.7. The van der Waals surface area contributed by atoms with E-state index >= 15 is 0 Å². The zero-order valence-electron chi connectivity index (χ0n) is 16.2. The van der Waals surface area contributed by atoms with E-state index in [-0.39, 0.29) is 0 Å². The number of rotatable bonds is 2. The van der Waals surface area contributed by atoms with Crippen molar-refractivity contribution in [2.75, 3.05) is 0 Å². The molecule has 0 spiro atoms. The fourth-order valence-corrected chi connectivity index (χ4v) is 10.2. The van der Waals surface area contributed by atoms with E-state index < -0.39 is 14.1 Å². The third-order valence-electron chi connectivity index (χ3n) is 5.40. The fourth-order valence-electron chi connectivity index (χ4n) is 4.04. The Balaban J connectivity index is 1.52. The van der Waals surface area contributed by atoms with Gasteiger partial charge in [0.15, 0.2) is 0 Å². The van der Waals surface area contributed by atoms with Crippen LogP contribution in [0, 0.1) is 0 Å². The molecule has 4 aromatic rings. The second-order valence-electron chi connectivity index (χ2n) is 7.29. The molecule has 0 radical (unpaired) electrons. The van der Waals surface area contributed by atoms with Crippen molar-refractivity contribution in [3.63, 3.8) is 0 Å². The van der Waals surface area contributed by atoms with Crippen LogP contribution in [0.5, 0.6) is 11.5 Å². The van der Waals surface area contributed by atoms with Gasteiger partial charge < -0.3 is 9.05 Å². The van der Waals surface area contributed by atoms with Crippen molar-refractivity contribution in [2.24, 2.45) is 0 Å². The van der Waals surface area contributed by atoms with Crippen LogP contribution in [0.4, 0.5) is 0 Å². The molecule has 0 amide bonds. The van der Waals surface area contributed by atoms with E-state index in [1.807, 2.05) is 84.9 Å². The number of para-hydroxylation sites is 2. The lowest BCUT2D eigenvalue weighted by molar-refractivity contribution is 0.394. The van der Waals surface area contributed by atoms with Crippen LogP contribution in [-0.4, -0.2) is 0 Å². The van der Waals surface area contributed by atoms with E-state index in [4.69, 9.17) is 25.2 Å². The first kappa shape index (κ1) is 19.0. The lowest BCUT2D eigenvalue weighted by Crippen LogP contribution is -2.24. The van der Waals surface area contributed by atoms with Crippen molar-refractivity contribution >= 4 is 36.5 Å². The minimum absolute atomic E-state index is 0.498. The van der Waals surface area contributed by atoms with Crippen molar-refractivity contribution in [1.29, 1.82) is 0 Å². The van der Waals surface area contributed by atoms with Crippen LogP contribution in [0.15, 0.2) is 97.1 Å².